The normalized spacial score (nSPS) is 14.1. The number of carbonyl (C=O) groups is 1. The molecular weight excluding hydrogens is 390 g/mol. The fourth-order valence-corrected chi connectivity index (χ4v) is 3.47. The standard InChI is InChI=1S/C22H22ClN3O3/c1-14-4-3-5-18(15(14)2)24-21(27)19-20(16-6-8-17(23)9-7-16)25-29-22(19)26-10-12-28-13-11-26/h3-9H,10-13H2,1-2H3,(H,24,27). The summed E-state index contributed by atoms with van der Waals surface area (Å²) in [6, 6.07) is 13.0. The first-order valence-electron chi connectivity index (χ1n) is 9.50. The Hall–Kier alpha value is -2.83. The number of morpholine rings is 1. The summed E-state index contributed by atoms with van der Waals surface area (Å²) in [5.74, 6) is 0.201. The summed E-state index contributed by atoms with van der Waals surface area (Å²) in [6.07, 6.45) is 0. The van der Waals surface area contributed by atoms with Gasteiger partial charge in [-0.1, -0.05) is 41.0 Å². The Balaban J connectivity index is 1.75. The summed E-state index contributed by atoms with van der Waals surface area (Å²) in [5, 5.41) is 7.88. The first kappa shape index (κ1) is 19.5. The zero-order valence-corrected chi connectivity index (χ0v) is 17.1. The minimum Gasteiger partial charge on any atom is -0.378 e. The number of aryl methyl sites for hydroxylation is 1. The van der Waals surface area contributed by atoms with Crippen LogP contribution in [0.2, 0.25) is 5.02 Å². The predicted octanol–water partition coefficient (Wildman–Crippen LogP) is 4.70. The van der Waals surface area contributed by atoms with E-state index in [1.807, 2.05) is 49.1 Å². The van der Waals surface area contributed by atoms with Gasteiger partial charge in [0.25, 0.3) is 5.91 Å². The first-order chi connectivity index (χ1) is 14.0. The molecule has 7 heteroatoms. The summed E-state index contributed by atoms with van der Waals surface area (Å²) in [6.45, 7) is 6.44. The Morgan fingerprint density at radius 2 is 1.83 bits per heavy atom. The number of anilines is 2. The molecule has 0 aliphatic carbocycles. The molecule has 6 nitrogen and oxygen atoms in total. The number of carbonyl (C=O) groups excluding carboxylic acids is 1. The van der Waals surface area contributed by atoms with Crippen LogP contribution in [-0.4, -0.2) is 37.4 Å². The van der Waals surface area contributed by atoms with E-state index < -0.39 is 0 Å². The molecule has 1 saturated heterocycles. The third-order valence-corrected chi connectivity index (χ3v) is 5.42. The van der Waals surface area contributed by atoms with E-state index in [1.54, 1.807) is 12.1 Å². The number of rotatable bonds is 4. The van der Waals surface area contributed by atoms with Gasteiger partial charge in [0, 0.05) is 29.4 Å². The molecule has 1 amide bonds. The van der Waals surface area contributed by atoms with E-state index in [-0.39, 0.29) is 5.91 Å². The predicted molar refractivity (Wildman–Crippen MR) is 114 cm³/mol. The fourth-order valence-electron chi connectivity index (χ4n) is 3.34. The molecule has 2 aromatic carbocycles. The fraction of sp³-hybridized carbons (Fsp3) is 0.273. The molecule has 0 bridgehead atoms. The summed E-state index contributed by atoms with van der Waals surface area (Å²) < 4.78 is 11.1. The zero-order chi connectivity index (χ0) is 20.4. The van der Waals surface area contributed by atoms with E-state index in [0.29, 0.717) is 48.5 Å². The van der Waals surface area contributed by atoms with Crippen LogP contribution in [0.5, 0.6) is 0 Å². The van der Waals surface area contributed by atoms with Gasteiger partial charge in [0.2, 0.25) is 5.88 Å². The molecule has 2 heterocycles. The molecule has 1 N–H and O–H groups in total. The van der Waals surface area contributed by atoms with Crippen molar-refractivity contribution in [2.75, 3.05) is 36.5 Å². The Kier molecular flexibility index (Phi) is 5.56. The lowest BCUT2D eigenvalue weighted by Crippen LogP contribution is -2.37. The van der Waals surface area contributed by atoms with Gasteiger partial charge in [-0.2, -0.15) is 0 Å². The van der Waals surface area contributed by atoms with Gasteiger partial charge >= 0.3 is 0 Å². The lowest BCUT2D eigenvalue weighted by molar-refractivity contribution is 0.102. The smallest absolute Gasteiger partial charge is 0.263 e. The van der Waals surface area contributed by atoms with E-state index >= 15 is 0 Å². The summed E-state index contributed by atoms with van der Waals surface area (Å²) in [4.78, 5) is 15.4. The molecule has 0 radical (unpaired) electrons. The van der Waals surface area contributed by atoms with Crippen molar-refractivity contribution in [3.8, 4) is 11.3 Å². The molecule has 1 fully saturated rings. The van der Waals surface area contributed by atoms with E-state index in [9.17, 15) is 4.79 Å². The van der Waals surface area contributed by atoms with Crippen molar-refractivity contribution >= 4 is 29.1 Å². The molecule has 0 unspecified atom stereocenters. The minimum absolute atomic E-state index is 0.258. The van der Waals surface area contributed by atoms with Gasteiger partial charge in [-0.05, 0) is 43.2 Å². The average molecular weight is 412 g/mol. The van der Waals surface area contributed by atoms with Crippen molar-refractivity contribution in [2.45, 2.75) is 13.8 Å². The Morgan fingerprint density at radius 1 is 1.10 bits per heavy atom. The van der Waals surface area contributed by atoms with Crippen molar-refractivity contribution in [3.05, 3.63) is 64.2 Å². The van der Waals surface area contributed by atoms with Crippen molar-refractivity contribution in [1.82, 2.24) is 5.16 Å². The van der Waals surface area contributed by atoms with Crippen molar-refractivity contribution in [3.63, 3.8) is 0 Å². The van der Waals surface area contributed by atoms with E-state index in [1.165, 1.54) is 0 Å². The highest BCUT2D eigenvalue weighted by Crippen LogP contribution is 2.33. The number of aromatic nitrogens is 1. The molecule has 0 spiro atoms. The zero-order valence-electron chi connectivity index (χ0n) is 16.4. The molecule has 0 saturated carbocycles. The third kappa shape index (κ3) is 3.99. The highest BCUT2D eigenvalue weighted by atomic mass is 35.5. The summed E-state index contributed by atoms with van der Waals surface area (Å²) in [7, 11) is 0. The van der Waals surface area contributed by atoms with Crippen molar-refractivity contribution in [1.29, 1.82) is 0 Å². The highest BCUT2D eigenvalue weighted by Gasteiger charge is 2.29. The van der Waals surface area contributed by atoms with Crippen LogP contribution in [0.4, 0.5) is 11.6 Å². The maximum absolute atomic E-state index is 13.4. The van der Waals surface area contributed by atoms with Crippen LogP contribution in [0.1, 0.15) is 21.5 Å². The quantitative estimate of drug-likeness (QED) is 0.673. The highest BCUT2D eigenvalue weighted by molar-refractivity contribution is 6.30. The van der Waals surface area contributed by atoms with Crippen LogP contribution in [0.25, 0.3) is 11.3 Å². The van der Waals surface area contributed by atoms with Gasteiger partial charge in [-0.25, -0.2) is 0 Å². The number of ether oxygens (including phenoxy) is 1. The van der Waals surface area contributed by atoms with Crippen LogP contribution < -0.4 is 10.2 Å². The van der Waals surface area contributed by atoms with E-state index in [0.717, 1.165) is 22.4 Å². The minimum atomic E-state index is -0.258. The van der Waals surface area contributed by atoms with Crippen LogP contribution in [0, 0.1) is 13.8 Å². The second kappa shape index (κ2) is 8.27. The summed E-state index contributed by atoms with van der Waals surface area (Å²) >= 11 is 6.02. The molecular formula is C22H22ClN3O3. The third-order valence-electron chi connectivity index (χ3n) is 5.17. The van der Waals surface area contributed by atoms with Gasteiger partial charge in [0.05, 0.1) is 13.2 Å². The van der Waals surface area contributed by atoms with E-state index in [4.69, 9.17) is 20.9 Å². The molecule has 0 atom stereocenters. The number of hydrogen-bond acceptors (Lipinski definition) is 5. The van der Waals surface area contributed by atoms with Crippen molar-refractivity contribution in [2.24, 2.45) is 0 Å². The second-order valence-corrected chi connectivity index (χ2v) is 7.46. The summed E-state index contributed by atoms with van der Waals surface area (Å²) in [5.41, 5.74) is 4.58. The maximum atomic E-state index is 13.4. The number of nitrogens with zero attached hydrogens (tertiary/aromatic N) is 2. The topological polar surface area (TPSA) is 67.6 Å². The molecule has 1 aliphatic rings. The molecule has 29 heavy (non-hydrogen) atoms. The number of halogens is 1. The van der Waals surface area contributed by atoms with Gasteiger partial charge in [-0.15, -0.1) is 0 Å². The molecule has 1 aromatic heterocycles. The first-order valence-corrected chi connectivity index (χ1v) is 9.88. The van der Waals surface area contributed by atoms with Crippen LogP contribution in [0.3, 0.4) is 0 Å². The van der Waals surface area contributed by atoms with Crippen LogP contribution in [-0.2, 0) is 4.74 Å². The number of nitrogens with one attached hydrogen (secondary N) is 1. The maximum Gasteiger partial charge on any atom is 0.263 e. The Morgan fingerprint density at radius 3 is 2.55 bits per heavy atom. The van der Waals surface area contributed by atoms with E-state index in [2.05, 4.69) is 10.5 Å². The van der Waals surface area contributed by atoms with Gasteiger partial charge in [0.1, 0.15) is 11.3 Å². The molecule has 1 aliphatic heterocycles. The number of benzene rings is 2. The van der Waals surface area contributed by atoms with Gasteiger partial charge < -0.3 is 19.5 Å². The SMILES string of the molecule is Cc1cccc(NC(=O)c2c(-c3ccc(Cl)cc3)noc2N2CCOCC2)c1C. The average Bonchev–Trinajstić information content (AvgIpc) is 3.18. The number of hydrogen-bond donors (Lipinski definition) is 1. The van der Waals surface area contributed by atoms with Gasteiger partial charge in [-0.3, -0.25) is 4.79 Å². The lowest BCUT2D eigenvalue weighted by atomic mass is 10.1. The Labute approximate surface area is 174 Å². The molecule has 150 valence electrons. The molecule has 4 rings (SSSR count). The Bertz CT molecular complexity index is 1020. The largest absolute Gasteiger partial charge is 0.378 e. The second-order valence-electron chi connectivity index (χ2n) is 7.02. The van der Waals surface area contributed by atoms with Crippen LogP contribution in [0.15, 0.2) is 47.0 Å². The van der Waals surface area contributed by atoms with Gasteiger partial charge in [0.15, 0.2) is 0 Å². The lowest BCUT2D eigenvalue weighted by Gasteiger charge is -2.26. The number of amides is 1. The monoisotopic (exact) mass is 411 g/mol. The van der Waals surface area contributed by atoms with Crippen molar-refractivity contribution < 1.29 is 14.1 Å². The van der Waals surface area contributed by atoms with Crippen LogP contribution >= 0.6 is 11.6 Å². The molecule has 3 aromatic rings.